The van der Waals surface area contributed by atoms with E-state index in [9.17, 15) is 4.79 Å². The normalized spacial score (nSPS) is 11.8. The minimum atomic E-state index is 0.0691. The fraction of sp³-hybridized carbons (Fsp3) is 0.267. The van der Waals surface area contributed by atoms with Crippen molar-refractivity contribution in [2.75, 3.05) is 6.61 Å². The highest BCUT2D eigenvalue weighted by Crippen LogP contribution is 2.13. The molecule has 0 radical (unpaired) electrons. The molecule has 0 bridgehead atoms. The summed E-state index contributed by atoms with van der Waals surface area (Å²) in [5.74, 6) is 0.846. The van der Waals surface area contributed by atoms with E-state index < -0.39 is 0 Å². The van der Waals surface area contributed by atoms with E-state index in [1.807, 2.05) is 44.2 Å². The molecule has 1 rings (SSSR count). The minimum absolute atomic E-state index is 0.0691. The van der Waals surface area contributed by atoms with Crippen molar-refractivity contribution in [1.82, 2.24) is 0 Å². The summed E-state index contributed by atoms with van der Waals surface area (Å²) in [5.41, 5.74) is 1.83. The van der Waals surface area contributed by atoms with Gasteiger partial charge in [-0.1, -0.05) is 18.2 Å². The molecule has 1 aromatic carbocycles. The molecule has 17 heavy (non-hydrogen) atoms. The Bertz CT molecular complexity index is 425. The van der Waals surface area contributed by atoms with Gasteiger partial charge in [0.05, 0.1) is 0 Å². The number of ketones is 1. The van der Waals surface area contributed by atoms with Crippen LogP contribution in [-0.2, 0) is 0 Å². The molecule has 0 atom stereocenters. The number of ether oxygens (including phenoxy) is 1. The van der Waals surface area contributed by atoms with E-state index in [1.165, 1.54) is 0 Å². The standard InChI is InChI=1S/C15H18O2/c1-4-6-13(5-2)11-17-15-9-7-14(8-10-15)12(3)16/h4-10H,11H2,1-3H3/b6-4-,13-5+. The molecule has 0 fully saturated rings. The third-order valence-corrected chi connectivity index (χ3v) is 2.42. The van der Waals surface area contributed by atoms with E-state index in [1.54, 1.807) is 19.1 Å². The highest BCUT2D eigenvalue weighted by atomic mass is 16.5. The van der Waals surface area contributed by atoms with Crippen LogP contribution in [0.2, 0.25) is 0 Å². The Balaban J connectivity index is 2.61. The van der Waals surface area contributed by atoms with E-state index in [0.717, 1.165) is 11.3 Å². The minimum Gasteiger partial charge on any atom is -0.489 e. The summed E-state index contributed by atoms with van der Waals surface area (Å²) in [6.07, 6.45) is 6.02. The lowest BCUT2D eigenvalue weighted by atomic mass is 10.1. The molecule has 0 aromatic heterocycles. The molecule has 0 aliphatic rings. The molecule has 2 nitrogen and oxygen atoms in total. The summed E-state index contributed by atoms with van der Waals surface area (Å²) in [7, 11) is 0. The van der Waals surface area contributed by atoms with Crippen LogP contribution in [0.15, 0.2) is 48.1 Å². The summed E-state index contributed by atoms with van der Waals surface area (Å²) in [6, 6.07) is 7.20. The molecule has 0 heterocycles. The number of carbonyl (C=O) groups excluding carboxylic acids is 1. The maximum atomic E-state index is 11.1. The van der Waals surface area contributed by atoms with Crippen molar-refractivity contribution >= 4 is 5.78 Å². The van der Waals surface area contributed by atoms with Gasteiger partial charge in [-0.2, -0.15) is 0 Å². The van der Waals surface area contributed by atoms with Crippen molar-refractivity contribution in [3.63, 3.8) is 0 Å². The first kappa shape index (κ1) is 13.2. The Morgan fingerprint density at radius 1 is 1.24 bits per heavy atom. The average Bonchev–Trinajstić information content (AvgIpc) is 2.35. The molecule has 0 N–H and O–H groups in total. The quantitative estimate of drug-likeness (QED) is 0.568. The maximum Gasteiger partial charge on any atom is 0.159 e. The summed E-state index contributed by atoms with van der Waals surface area (Å²) in [4.78, 5) is 11.1. The Morgan fingerprint density at radius 2 is 1.88 bits per heavy atom. The molecule has 1 aromatic rings. The third-order valence-electron chi connectivity index (χ3n) is 2.42. The zero-order chi connectivity index (χ0) is 12.7. The molecule has 0 aliphatic heterocycles. The third kappa shape index (κ3) is 4.27. The Morgan fingerprint density at radius 3 is 2.35 bits per heavy atom. The van der Waals surface area contributed by atoms with E-state index in [4.69, 9.17) is 4.74 Å². The van der Waals surface area contributed by atoms with Gasteiger partial charge in [0.25, 0.3) is 0 Å². The monoisotopic (exact) mass is 230 g/mol. The topological polar surface area (TPSA) is 26.3 Å². The summed E-state index contributed by atoms with van der Waals surface area (Å²) >= 11 is 0. The highest BCUT2D eigenvalue weighted by molar-refractivity contribution is 5.94. The van der Waals surface area contributed by atoms with Crippen molar-refractivity contribution in [2.45, 2.75) is 20.8 Å². The van der Waals surface area contributed by atoms with Crippen molar-refractivity contribution in [2.24, 2.45) is 0 Å². The number of Topliss-reactive ketones (excluding diaryl/α,β-unsaturated/α-hetero) is 1. The predicted molar refractivity (Wildman–Crippen MR) is 70.5 cm³/mol. The van der Waals surface area contributed by atoms with Crippen LogP contribution < -0.4 is 4.74 Å². The van der Waals surface area contributed by atoms with Crippen LogP contribution in [-0.4, -0.2) is 12.4 Å². The van der Waals surface area contributed by atoms with Crippen LogP contribution in [0.1, 0.15) is 31.1 Å². The molecule has 2 heteroatoms. The van der Waals surface area contributed by atoms with Gasteiger partial charge in [-0.25, -0.2) is 0 Å². The zero-order valence-electron chi connectivity index (χ0n) is 10.6. The van der Waals surface area contributed by atoms with Crippen LogP contribution in [0.4, 0.5) is 0 Å². The number of hydrogen-bond donors (Lipinski definition) is 0. The first-order valence-electron chi connectivity index (χ1n) is 5.69. The smallest absolute Gasteiger partial charge is 0.159 e. The van der Waals surface area contributed by atoms with Gasteiger partial charge in [0, 0.05) is 5.56 Å². The fourth-order valence-corrected chi connectivity index (χ4v) is 1.39. The summed E-state index contributed by atoms with van der Waals surface area (Å²) in [6.45, 7) is 6.06. The molecule has 0 aliphatic carbocycles. The molecular weight excluding hydrogens is 212 g/mol. The van der Waals surface area contributed by atoms with Gasteiger partial charge in [-0.15, -0.1) is 0 Å². The number of carbonyl (C=O) groups is 1. The van der Waals surface area contributed by atoms with Crippen molar-refractivity contribution < 1.29 is 9.53 Å². The van der Waals surface area contributed by atoms with Crippen LogP contribution in [0.25, 0.3) is 0 Å². The number of hydrogen-bond acceptors (Lipinski definition) is 2. The zero-order valence-corrected chi connectivity index (χ0v) is 10.6. The van der Waals surface area contributed by atoms with Crippen LogP contribution in [0, 0.1) is 0 Å². The largest absolute Gasteiger partial charge is 0.489 e. The fourth-order valence-electron chi connectivity index (χ4n) is 1.39. The second-order valence-electron chi connectivity index (χ2n) is 3.73. The van der Waals surface area contributed by atoms with Crippen LogP contribution >= 0.6 is 0 Å². The highest BCUT2D eigenvalue weighted by Gasteiger charge is 1.99. The molecule has 0 saturated heterocycles. The molecule has 0 saturated carbocycles. The van der Waals surface area contributed by atoms with Crippen molar-refractivity contribution in [1.29, 1.82) is 0 Å². The molecular formula is C15H18O2. The van der Waals surface area contributed by atoms with E-state index in [0.29, 0.717) is 12.2 Å². The van der Waals surface area contributed by atoms with E-state index in [2.05, 4.69) is 0 Å². The van der Waals surface area contributed by atoms with Gasteiger partial charge in [-0.3, -0.25) is 4.79 Å². The second-order valence-corrected chi connectivity index (χ2v) is 3.73. The summed E-state index contributed by atoms with van der Waals surface area (Å²) in [5, 5.41) is 0. The van der Waals surface area contributed by atoms with Crippen LogP contribution in [0.5, 0.6) is 5.75 Å². The van der Waals surface area contributed by atoms with Crippen molar-refractivity contribution in [3.05, 3.63) is 53.6 Å². The lowest BCUT2D eigenvalue weighted by molar-refractivity contribution is 0.101. The predicted octanol–water partition coefficient (Wildman–Crippen LogP) is 3.79. The molecule has 0 unspecified atom stereocenters. The Labute approximate surface area is 103 Å². The van der Waals surface area contributed by atoms with Gasteiger partial charge in [-0.05, 0) is 50.6 Å². The van der Waals surface area contributed by atoms with Gasteiger partial charge < -0.3 is 4.74 Å². The molecule has 90 valence electrons. The number of rotatable bonds is 5. The van der Waals surface area contributed by atoms with Gasteiger partial charge in [0.2, 0.25) is 0 Å². The second kappa shape index (κ2) is 6.69. The SMILES string of the molecule is C/C=C\C(=C/C)COc1ccc(C(C)=O)cc1. The maximum absolute atomic E-state index is 11.1. The van der Waals surface area contributed by atoms with Gasteiger partial charge in [0.1, 0.15) is 12.4 Å². The Kier molecular flexibility index (Phi) is 5.21. The number of allylic oxidation sites excluding steroid dienone is 2. The molecule has 0 amide bonds. The van der Waals surface area contributed by atoms with E-state index >= 15 is 0 Å². The van der Waals surface area contributed by atoms with Gasteiger partial charge in [0.15, 0.2) is 5.78 Å². The van der Waals surface area contributed by atoms with Crippen molar-refractivity contribution in [3.8, 4) is 5.75 Å². The van der Waals surface area contributed by atoms with Gasteiger partial charge >= 0.3 is 0 Å². The molecule has 0 spiro atoms. The van der Waals surface area contributed by atoms with E-state index in [-0.39, 0.29) is 5.78 Å². The lowest BCUT2D eigenvalue weighted by Crippen LogP contribution is -2.00. The van der Waals surface area contributed by atoms with Crippen LogP contribution in [0.3, 0.4) is 0 Å². The summed E-state index contributed by atoms with van der Waals surface area (Å²) < 4.78 is 5.62. The first-order valence-corrected chi connectivity index (χ1v) is 5.69. The lowest BCUT2D eigenvalue weighted by Gasteiger charge is -2.07. The number of benzene rings is 1. The first-order chi connectivity index (χ1) is 8.17. The average molecular weight is 230 g/mol. The Hall–Kier alpha value is -1.83.